The van der Waals surface area contributed by atoms with Crippen molar-refractivity contribution in [1.29, 1.82) is 0 Å². The van der Waals surface area contributed by atoms with Crippen molar-refractivity contribution in [1.82, 2.24) is 0 Å². The van der Waals surface area contributed by atoms with E-state index in [9.17, 15) is 14.0 Å². The van der Waals surface area contributed by atoms with Crippen molar-refractivity contribution in [3.63, 3.8) is 0 Å². The molecule has 1 aromatic carbocycles. The highest BCUT2D eigenvalue weighted by molar-refractivity contribution is 5.87. The standard InChI is InChI=1S/C15H13FO5/c1-4-14(17)21-11-5-6-13(12(16)9-11)19-7-8-20-15(18)10(2)3/h4-9H,1-2H2,3H3/b8-7-. The van der Waals surface area contributed by atoms with Gasteiger partial charge in [0.15, 0.2) is 11.6 Å². The molecule has 0 aliphatic heterocycles. The first kappa shape index (κ1) is 16.2. The van der Waals surface area contributed by atoms with Gasteiger partial charge in [-0.3, -0.25) is 0 Å². The molecule has 0 heterocycles. The molecule has 0 bridgehead atoms. The SMILES string of the molecule is C=CC(=O)Oc1ccc(O/C=C\OC(=O)C(=C)C)c(F)c1. The molecule has 0 fully saturated rings. The van der Waals surface area contributed by atoms with Crippen molar-refractivity contribution >= 4 is 11.9 Å². The van der Waals surface area contributed by atoms with Gasteiger partial charge in [-0.25, -0.2) is 14.0 Å². The van der Waals surface area contributed by atoms with Gasteiger partial charge in [-0.05, 0) is 19.1 Å². The lowest BCUT2D eigenvalue weighted by Crippen LogP contribution is -2.03. The Bertz CT molecular complexity index is 604. The second-order valence-corrected chi connectivity index (χ2v) is 3.79. The van der Waals surface area contributed by atoms with Crippen molar-refractivity contribution in [3.8, 4) is 11.5 Å². The molecule has 1 aromatic rings. The molecule has 0 aromatic heterocycles. The maximum Gasteiger partial charge on any atom is 0.338 e. The van der Waals surface area contributed by atoms with Crippen LogP contribution < -0.4 is 9.47 Å². The largest absolute Gasteiger partial charge is 0.459 e. The molecule has 0 amide bonds. The van der Waals surface area contributed by atoms with Crippen LogP contribution in [0.5, 0.6) is 11.5 Å². The molecule has 21 heavy (non-hydrogen) atoms. The zero-order chi connectivity index (χ0) is 15.8. The molecule has 110 valence electrons. The number of carbonyl (C=O) groups excluding carboxylic acids is 2. The van der Waals surface area contributed by atoms with Crippen LogP contribution in [0.4, 0.5) is 4.39 Å². The Hall–Kier alpha value is -2.89. The molecule has 0 saturated carbocycles. The third-order valence-electron chi connectivity index (χ3n) is 2.06. The molecule has 0 N–H and O–H groups in total. The summed E-state index contributed by atoms with van der Waals surface area (Å²) in [7, 11) is 0. The highest BCUT2D eigenvalue weighted by Crippen LogP contribution is 2.23. The number of hydrogen-bond acceptors (Lipinski definition) is 5. The Morgan fingerprint density at radius 1 is 1.29 bits per heavy atom. The second-order valence-electron chi connectivity index (χ2n) is 3.79. The molecule has 0 saturated heterocycles. The highest BCUT2D eigenvalue weighted by Gasteiger charge is 2.07. The average Bonchev–Trinajstić information content (AvgIpc) is 2.44. The van der Waals surface area contributed by atoms with Crippen molar-refractivity contribution in [2.45, 2.75) is 6.92 Å². The number of ether oxygens (including phenoxy) is 3. The second kappa shape index (κ2) is 7.64. The van der Waals surface area contributed by atoms with Gasteiger partial charge in [0, 0.05) is 17.7 Å². The first-order valence-electron chi connectivity index (χ1n) is 5.76. The number of esters is 2. The first-order valence-corrected chi connectivity index (χ1v) is 5.76. The fourth-order valence-corrected chi connectivity index (χ4v) is 1.09. The normalized spacial score (nSPS) is 10.0. The van der Waals surface area contributed by atoms with Crippen LogP contribution in [0.1, 0.15) is 6.92 Å². The van der Waals surface area contributed by atoms with Crippen LogP contribution in [-0.4, -0.2) is 11.9 Å². The van der Waals surface area contributed by atoms with Crippen LogP contribution in [0.2, 0.25) is 0 Å². The number of hydrogen-bond donors (Lipinski definition) is 0. The Morgan fingerprint density at radius 2 is 2.00 bits per heavy atom. The summed E-state index contributed by atoms with van der Waals surface area (Å²) in [5.41, 5.74) is 0.221. The third kappa shape index (κ3) is 5.32. The third-order valence-corrected chi connectivity index (χ3v) is 2.06. The maximum absolute atomic E-state index is 13.6. The smallest absolute Gasteiger partial charge is 0.338 e. The first-order chi connectivity index (χ1) is 9.93. The van der Waals surface area contributed by atoms with Crippen molar-refractivity contribution < 1.29 is 28.2 Å². The van der Waals surface area contributed by atoms with Crippen LogP contribution in [0.3, 0.4) is 0 Å². The van der Waals surface area contributed by atoms with Gasteiger partial charge in [0.1, 0.15) is 18.3 Å². The van der Waals surface area contributed by atoms with Crippen molar-refractivity contribution in [2.24, 2.45) is 0 Å². The lowest BCUT2D eigenvalue weighted by molar-refractivity contribution is -0.133. The average molecular weight is 292 g/mol. The number of rotatable bonds is 6. The van der Waals surface area contributed by atoms with Crippen LogP contribution in [0.15, 0.2) is 55.5 Å². The minimum absolute atomic E-state index is 0.0161. The lowest BCUT2D eigenvalue weighted by atomic mass is 10.3. The molecule has 0 spiro atoms. The fraction of sp³-hybridized carbons (Fsp3) is 0.0667. The van der Waals surface area contributed by atoms with E-state index in [0.717, 1.165) is 24.7 Å². The summed E-state index contributed by atoms with van der Waals surface area (Å²) in [6, 6.07) is 3.57. The van der Waals surface area contributed by atoms with E-state index in [1.807, 2.05) is 0 Å². The quantitative estimate of drug-likeness (QED) is 0.349. The van der Waals surface area contributed by atoms with Gasteiger partial charge in [-0.2, -0.15) is 0 Å². The number of carbonyl (C=O) groups is 2. The summed E-state index contributed by atoms with van der Waals surface area (Å²) in [6.07, 6.45) is 2.91. The van der Waals surface area contributed by atoms with Gasteiger partial charge in [0.2, 0.25) is 0 Å². The molecule has 6 heteroatoms. The minimum atomic E-state index is -0.750. The van der Waals surface area contributed by atoms with Gasteiger partial charge in [0.25, 0.3) is 0 Å². The van der Waals surface area contributed by atoms with Crippen LogP contribution in [-0.2, 0) is 14.3 Å². The summed E-state index contributed by atoms with van der Waals surface area (Å²) in [6.45, 7) is 8.10. The van der Waals surface area contributed by atoms with E-state index in [0.29, 0.717) is 0 Å². The molecule has 0 aliphatic rings. The van der Waals surface area contributed by atoms with Crippen molar-refractivity contribution in [2.75, 3.05) is 0 Å². The summed E-state index contributed by atoms with van der Waals surface area (Å²) < 4.78 is 27.9. The van der Waals surface area contributed by atoms with Gasteiger partial charge < -0.3 is 14.2 Å². The van der Waals surface area contributed by atoms with E-state index in [1.54, 1.807) is 0 Å². The van der Waals surface area contributed by atoms with E-state index in [4.69, 9.17) is 9.47 Å². The lowest BCUT2D eigenvalue weighted by Gasteiger charge is -2.05. The zero-order valence-corrected chi connectivity index (χ0v) is 11.3. The summed E-state index contributed by atoms with van der Waals surface area (Å²) in [5, 5.41) is 0. The van der Waals surface area contributed by atoms with Crippen LogP contribution in [0, 0.1) is 5.82 Å². The topological polar surface area (TPSA) is 61.8 Å². The predicted molar refractivity (Wildman–Crippen MR) is 72.9 cm³/mol. The zero-order valence-electron chi connectivity index (χ0n) is 11.3. The maximum atomic E-state index is 13.6. The van der Waals surface area contributed by atoms with Gasteiger partial charge in [-0.1, -0.05) is 13.2 Å². The molecule has 0 aliphatic carbocycles. The fourth-order valence-electron chi connectivity index (χ4n) is 1.09. The molecule has 1 rings (SSSR count). The summed E-state index contributed by atoms with van der Waals surface area (Å²) in [4.78, 5) is 22.0. The highest BCUT2D eigenvalue weighted by atomic mass is 19.1. The Kier molecular flexibility index (Phi) is 5.88. The molecule has 0 unspecified atom stereocenters. The molecule has 5 nitrogen and oxygen atoms in total. The minimum Gasteiger partial charge on any atom is -0.459 e. The number of benzene rings is 1. The van der Waals surface area contributed by atoms with E-state index in [-0.39, 0.29) is 17.1 Å². The Labute approximate surface area is 120 Å². The molecule has 0 atom stereocenters. The summed E-state index contributed by atoms with van der Waals surface area (Å²) in [5.74, 6) is -2.18. The monoisotopic (exact) mass is 292 g/mol. The van der Waals surface area contributed by atoms with E-state index < -0.39 is 17.8 Å². The molecular formula is C15H13FO5. The van der Waals surface area contributed by atoms with E-state index in [2.05, 4.69) is 17.9 Å². The summed E-state index contributed by atoms with van der Waals surface area (Å²) >= 11 is 0. The van der Waals surface area contributed by atoms with Gasteiger partial charge in [0.05, 0.1) is 0 Å². The van der Waals surface area contributed by atoms with Gasteiger partial charge in [-0.15, -0.1) is 0 Å². The number of halogens is 1. The van der Waals surface area contributed by atoms with E-state index >= 15 is 0 Å². The molecular weight excluding hydrogens is 279 g/mol. The Balaban J connectivity index is 2.62. The predicted octanol–water partition coefficient (Wildman–Crippen LogP) is 2.89. The van der Waals surface area contributed by atoms with E-state index in [1.165, 1.54) is 19.1 Å². The van der Waals surface area contributed by atoms with Crippen LogP contribution in [0.25, 0.3) is 0 Å². The Morgan fingerprint density at radius 3 is 2.57 bits per heavy atom. The van der Waals surface area contributed by atoms with Gasteiger partial charge >= 0.3 is 11.9 Å². The van der Waals surface area contributed by atoms with Crippen molar-refractivity contribution in [3.05, 3.63) is 61.3 Å². The van der Waals surface area contributed by atoms with Crippen LogP contribution >= 0.6 is 0 Å². The molecule has 0 radical (unpaired) electrons.